The molecule has 0 aliphatic rings. The molecule has 0 saturated heterocycles. The summed E-state index contributed by atoms with van der Waals surface area (Å²) in [6.45, 7) is 30.1. The molecule has 112 valence electrons. The minimum absolute atomic E-state index is 0. The van der Waals surface area contributed by atoms with Gasteiger partial charge in [-0.05, 0) is 13.8 Å². The fourth-order valence-corrected chi connectivity index (χ4v) is 0. The minimum Gasteiger partial charge on any atom is 0 e. The second-order valence-corrected chi connectivity index (χ2v) is 1.70. The normalized spacial score (nSPS) is 3.70. The van der Waals surface area contributed by atoms with E-state index in [4.69, 9.17) is 39.4 Å². The zero-order valence-electron chi connectivity index (χ0n) is 10.1. The third kappa shape index (κ3) is 1110. The van der Waals surface area contributed by atoms with Crippen LogP contribution in [0.3, 0.4) is 0 Å². The van der Waals surface area contributed by atoms with Gasteiger partial charge in [-0.25, -0.2) is 0 Å². The molecule has 0 aromatic rings. The number of terminal acetylenes is 1. The van der Waals surface area contributed by atoms with Gasteiger partial charge in [0.25, 0.3) is 0 Å². The van der Waals surface area contributed by atoms with Crippen molar-refractivity contribution < 1.29 is 66.6 Å². The topological polar surface area (TPSA) is 140 Å². The Labute approximate surface area is 138 Å². The molecule has 1 N–H and O–H groups in total. The molecule has 0 spiro atoms. The Hall–Kier alpha value is -1.03. The first-order chi connectivity index (χ1) is 8.56. The van der Waals surface area contributed by atoms with Crippen molar-refractivity contribution in [3.63, 3.8) is 0 Å². The van der Waals surface area contributed by atoms with Crippen LogP contribution in [0.4, 0.5) is 0 Å². The summed E-state index contributed by atoms with van der Waals surface area (Å²) in [5.74, 6) is 2.16. The molecule has 0 fully saturated rings. The van der Waals surface area contributed by atoms with Crippen LogP contribution in [0.25, 0.3) is 0 Å². The predicted molar refractivity (Wildman–Crippen MR) is 48.7 cm³/mol. The van der Waals surface area contributed by atoms with E-state index >= 15 is 0 Å². The van der Waals surface area contributed by atoms with Gasteiger partial charge >= 0.3 is 67.8 Å². The van der Waals surface area contributed by atoms with E-state index in [2.05, 4.69) is 45.8 Å². The Morgan fingerprint density at radius 3 is 0.750 bits per heavy atom. The third-order valence-electron chi connectivity index (χ3n) is 0.353. The summed E-state index contributed by atoms with van der Waals surface area (Å²) in [7, 11) is 0. The Kier molecular flexibility index (Phi) is 447. The van der Waals surface area contributed by atoms with Crippen LogP contribution < -0.4 is 0 Å². The maximum Gasteiger partial charge on any atom is 0 e. The number of aliphatic hydroxyl groups is 1. The Morgan fingerprint density at radius 2 is 0.750 bits per heavy atom. The minimum atomic E-state index is -0.931. The second kappa shape index (κ2) is 145. The number of hydrogen-bond acceptors (Lipinski definition) is 1. The molecule has 2 radical (unpaired) electrons. The zero-order valence-corrected chi connectivity index (χ0v) is 12.2. The van der Waals surface area contributed by atoms with Crippen LogP contribution >= 0.6 is 0 Å². The van der Waals surface area contributed by atoms with Gasteiger partial charge in [-0.2, -0.15) is 0 Å². The van der Waals surface area contributed by atoms with E-state index < -0.39 is 5.60 Å². The van der Waals surface area contributed by atoms with Crippen molar-refractivity contribution >= 4 is 0 Å². The maximum absolute atomic E-state index is 8.59. The molecule has 0 amide bonds. The maximum atomic E-state index is 8.59. The first-order valence-corrected chi connectivity index (χ1v) is 2.99. The summed E-state index contributed by atoms with van der Waals surface area (Å²) in [6.07, 6.45) is 4.81. The fraction of sp³-hybridized carbons (Fsp3) is 0.273. The van der Waals surface area contributed by atoms with Gasteiger partial charge in [-0.15, -0.1) is 6.42 Å². The van der Waals surface area contributed by atoms with Crippen LogP contribution in [-0.2, 0) is 61.5 Å². The molecule has 0 aliphatic heterocycles. The molecular weight excluding hydrogens is 362 g/mol. The van der Waals surface area contributed by atoms with Crippen molar-refractivity contribution in [3.8, 4) is 12.3 Å². The van der Waals surface area contributed by atoms with E-state index in [-0.39, 0.29) is 33.6 Å². The van der Waals surface area contributed by atoms with Gasteiger partial charge in [0.1, 0.15) is 5.60 Å². The molecule has 0 aliphatic carbocycles. The van der Waals surface area contributed by atoms with Gasteiger partial charge in [0.2, 0.25) is 0 Å². The van der Waals surface area contributed by atoms with Gasteiger partial charge in [0.15, 0.2) is 0 Å². The predicted octanol–water partition coefficient (Wildman–Crippen LogP) is 0.160. The standard InChI is InChI=1S/C5H8O.6CO.2Co/c1-4-5(2,3)6;6*1-2;;/h1,6H,2-3H3;;;;;;;;. The molecular formula is C11H8Co2O7. The van der Waals surface area contributed by atoms with Crippen LogP contribution in [-0.4, -0.2) is 10.7 Å². The van der Waals surface area contributed by atoms with E-state index in [1.54, 1.807) is 13.8 Å². The molecule has 0 atom stereocenters. The molecule has 9 heteroatoms. The summed E-state index contributed by atoms with van der Waals surface area (Å²) in [5.41, 5.74) is -0.931. The summed E-state index contributed by atoms with van der Waals surface area (Å²) >= 11 is 0. The van der Waals surface area contributed by atoms with E-state index in [9.17, 15) is 0 Å². The summed E-state index contributed by atoms with van der Waals surface area (Å²) in [4.78, 5) is 0. The van der Waals surface area contributed by atoms with E-state index in [0.717, 1.165) is 0 Å². The SMILES string of the molecule is C#CC(C)(C)O.[C-]#[O+].[C-]#[O+].[C-]#[O+].[C-]#[O+].[C-]#[O+].[C-]#[O+].[Co].[Co]. The van der Waals surface area contributed by atoms with Gasteiger partial charge in [0, 0.05) is 33.6 Å². The zero-order chi connectivity index (χ0) is 17.2. The molecule has 0 unspecified atom stereocenters. The first-order valence-electron chi connectivity index (χ1n) is 2.99. The Bertz CT molecular complexity index is 227. The molecule has 0 aromatic carbocycles. The van der Waals surface area contributed by atoms with Crippen LogP contribution in [0, 0.1) is 52.2 Å². The largest absolute Gasteiger partial charge is 0 e. The Morgan fingerprint density at radius 1 is 0.700 bits per heavy atom. The van der Waals surface area contributed by atoms with Gasteiger partial charge in [0.05, 0.1) is 0 Å². The second-order valence-electron chi connectivity index (χ2n) is 1.70. The van der Waals surface area contributed by atoms with E-state index in [1.807, 2.05) is 0 Å². The van der Waals surface area contributed by atoms with Crippen LogP contribution in [0.1, 0.15) is 13.8 Å². The summed E-state index contributed by atoms with van der Waals surface area (Å²) in [6, 6.07) is 0. The van der Waals surface area contributed by atoms with Crippen molar-refractivity contribution in [2.75, 3.05) is 0 Å². The number of rotatable bonds is 0. The number of hydrogen-bond donors (Lipinski definition) is 1. The molecule has 7 nitrogen and oxygen atoms in total. The smallest absolute Gasteiger partial charge is 0 e. The first kappa shape index (κ1) is 61.6. The van der Waals surface area contributed by atoms with Gasteiger partial charge < -0.3 is 5.11 Å². The van der Waals surface area contributed by atoms with Crippen LogP contribution in [0.15, 0.2) is 0 Å². The van der Waals surface area contributed by atoms with Crippen molar-refractivity contribution in [3.05, 3.63) is 39.9 Å². The molecule has 0 bridgehead atoms. The van der Waals surface area contributed by atoms with Crippen LogP contribution in [0.2, 0.25) is 0 Å². The summed E-state index contributed by atoms with van der Waals surface area (Å²) < 4.78 is 45.0. The molecule has 0 saturated carbocycles. The molecule has 0 rings (SSSR count). The Balaban J connectivity index is -0.0000000109. The van der Waals surface area contributed by atoms with E-state index in [0.29, 0.717) is 0 Å². The van der Waals surface area contributed by atoms with E-state index in [1.165, 1.54) is 0 Å². The average Bonchev–Trinajstić information content (AvgIpc) is 2.51. The van der Waals surface area contributed by atoms with Gasteiger partial charge in [-0.3, -0.25) is 0 Å². The van der Waals surface area contributed by atoms with Crippen molar-refractivity contribution in [2.24, 2.45) is 0 Å². The monoisotopic (exact) mass is 370 g/mol. The molecule has 0 aromatic heterocycles. The fourth-order valence-electron chi connectivity index (χ4n) is 0. The molecule has 20 heavy (non-hydrogen) atoms. The summed E-state index contributed by atoms with van der Waals surface area (Å²) in [5, 5.41) is 8.59. The average molecular weight is 370 g/mol. The quantitative estimate of drug-likeness (QED) is 0.362. The van der Waals surface area contributed by atoms with Gasteiger partial charge in [-0.1, -0.05) is 5.92 Å². The molecule has 0 heterocycles. The van der Waals surface area contributed by atoms with Crippen molar-refractivity contribution in [1.29, 1.82) is 0 Å². The van der Waals surface area contributed by atoms with Crippen LogP contribution in [0.5, 0.6) is 0 Å². The third-order valence-corrected chi connectivity index (χ3v) is 0.353. The van der Waals surface area contributed by atoms with Crippen molar-refractivity contribution in [2.45, 2.75) is 19.4 Å². The van der Waals surface area contributed by atoms with Crippen molar-refractivity contribution in [1.82, 2.24) is 0 Å².